The van der Waals surface area contributed by atoms with E-state index in [-0.39, 0.29) is 1.43 Å². The average molecular weight is 91.2 g/mol. The van der Waals surface area contributed by atoms with Gasteiger partial charge in [0.25, 0.3) is 0 Å². The third-order valence-electron chi connectivity index (χ3n) is 0.471. The third-order valence-corrected chi connectivity index (χ3v) is 1.41. The zero-order chi connectivity index (χ0) is 4.28. The average Bonchev–Trinajstić information content (AvgIpc) is 1.38. The monoisotopic (exact) mass is 91.1 g/mol. The van der Waals surface area contributed by atoms with Crippen LogP contribution in [-0.2, 0) is 4.43 Å². The number of hydrogen-bond donors (Lipinski definition) is 0. The first kappa shape index (κ1) is 5.18. The van der Waals surface area contributed by atoms with Crippen LogP contribution in [0.3, 0.4) is 0 Å². The van der Waals surface area contributed by atoms with Gasteiger partial charge in [-0.3, -0.25) is 0 Å². The Bertz CT molecular complexity index is 24.8. The van der Waals surface area contributed by atoms with Gasteiger partial charge in [0, 0.05) is 6.10 Å². The maximum absolute atomic E-state index is 4.89. The molecule has 0 saturated heterocycles. The Balaban J connectivity index is 0. The molecule has 0 atom stereocenters. The molecule has 0 aromatic carbocycles. The smallest absolute Gasteiger partial charge is 0.426 e. The second-order valence-corrected chi connectivity index (χ2v) is 1.76. The van der Waals surface area contributed by atoms with Crippen molar-refractivity contribution in [2.45, 2.75) is 20.0 Å². The summed E-state index contributed by atoms with van der Waals surface area (Å²) in [5.41, 5.74) is 0. The highest BCUT2D eigenvalue weighted by atomic mass is 28.2. The van der Waals surface area contributed by atoms with Gasteiger partial charge in [0.1, 0.15) is 10.5 Å². The minimum Gasteiger partial charge on any atom is -0.426 e. The van der Waals surface area contributed by atoms with E-state index in [0.717, 1.165) is 10.5 Å². The molecule has 0 bridgehead atoms. The van der Waals surface area contributed by atoms with Crippen molar-refractivity contribution >= 4 is 10.5 Å². The summed E-state index contributed by atoms with van der Waals surface area (Å²) in [6, 6.07) is 0. The molecule has 1 nitrogen and oxygen atoms in total. The fourth-order valence-corrected chi connectivity index (χ4v) is 0. The molecule has 0 aliphatic rings. The lowest BCUT2D eigenvalue weighted by Crippen LogP contribution is -1.95. The van der Waals surface area contributed by atoms with E-state index >= 15 is 0 Å². The fraction of sp³-hybridized carbons (Fsp3) is 1.00. The van der Waals surface area contributed by atoms with E-state index in [2.05, 4.69) is 0 Å². The van der Waals surface area contributed by atoms with Crippen LogP contribution in [0.1, 0.15) is 15.3 Å². The van der Waals surface area contributed by atoms with Crippen LogP contribution in [0, 0.1) is 0 Å². The van der Waals surface area contributed by atoms with Gasteiger partial charge in [-0.1, -0.05) is 0 Å². The molecule has 0 radical (unpaired) electrons. The first-order chi connectivity index (χ1) is 2.27. The Hall–Kier alpha value is 0.177. The maximum atomic E-state index is 4.89. The molecule has 0 rings (SSSR count). The second kappa shape index (κ2) is 2.42. The predicted molar refractivity (Wildman–Crippen MR) is 27.3 cm³/mol. The van der Waals surface area contributed by atoms with Crippen molar-refractivity contribution in [2.75, 3.05) is 0 Å². The minimum atomic E-state index is 0. The zero-order valence-corrected chi connectivity index (χ0v) is 5.99. The molecule has 0 N–H and O–H groups in total. The molecule has 0 aromatic heterocycles. The molecular formula is C3H11OSi+. The van der Waals surface area contributed by atoms with Crippen molar-refractivity contribution in [1.82, 2.24) is 0 Å². The van der Waals surface area contributed by atoms with Crippen molar-refractivity contribution in [2.24, 2.45) is 0 Å². The number of rotatable bonds is 1. The lowest BCUT2D eigenvalue weighted by Gasteiger charge is -1.95. The van der Waals surface area contributed by atoms with Crippen LogP contribution >= 0.6 is 0 Å². The highest BCUT2D eigenvalue weighted by Gasteiger charge is 1.77. The standard InChI is InChI=1S/C3H10OSi/c1-3(2)4-5/h3H,1-2,5H3/p+1. The summed E-state index contributed by atoms with van der Waals surface area (Å²) in [7, 11) is 0.873. The highest BCUT2D eigenvalue weighted by Crippen LogP contribution is 1.76. The summed E-state index contributed by atoms with van der Waals surface area (Å²) >= 11 is 0. The summed E-state index contributed by atoms with van der Waals surface area (Å²) in [4.78, 5) is 0. The molecule has 5 heavy (non-hydrogen) atoms. The molecule has 0 aliphatic heterocycles. The number of hydrogen-bond acceptors (Lipinski definition) is 1. The first-order valence-electron chi connectivity index (χ1n) is 1.80. The van der Waals surface area contributed by atoms with Crippen LogP contribution in [0.5, 0.6) is 0 Å². The largest absolute Gasteiger partial charge is 1.00 e. The van der Waals surface area contributed by atoms with E-state index in [1.807, 2.05) is 13.8 Å². The van der Waals surface area contributed by atoms with E-state index in [1.54, 1.807) is 0 Å². The van der Waals surface area contributed by atoms with Crippen LogP contribution in [0.25, 0.3) is 0 Å². The van der Waals surface area contributed by atoms with Crippen molar-refractivity contribution in [3.8, 4) is 0 Å². The van der Waals surface area contributed by atoms with Crippen molar-refractivity contribution < 1.29 is 5.85 Å². The normalized spacial score (nSPS) is 10.2. The van der Waals surface area contributed by atoms with Gasteiger partial charge in [-0.25, -0.2) is 0 Å². The van der Waals surface area contributed by atoms with Gasteiger partial charge in [0.2, 0.25) is 0 Å². The lowest BCUT2D eigenvalue weighted by atomic mass is 10.5. The van der Waals surface area contributed by atoms with E-state index < -0.39 is 0 Å². The Morgan fingerprint density at radius 1 is 1.80 bits per heavy atom. The maximum Gasteiger partial charge on any atom is 1.00 e. The Kier molecular flexibility index (Phi) is 2.50. The van der Waals surface area contributed by atoms with Gasteiger partial charge in [-0.15, -0.1) is 0 Å². The summed E-state index contributed by atoms with van der Waals surface area (Å²) in [6.45, 7) is 4.07. The van der Waals surface area contributed by atoms with Crippen LogP contribution in [0.4, 0.5) is 0 Å². The molecule has 0 amide bonds. The van der Waals surface area contributed by atoms with Crippen molar-refractivity contribution in [1.29, 1.82) is 0 Å². The van der Waals surface area contributed by atoms with Crippen molar-refractivity contribution in [3.05, 3.63) is 0 Å². The quantitative estimate of drug-likeness (QED) is 0.406. The molecule has 32 valence electrons. The van der Waals surface area contributed by atoms with E-state index in [9.17, 15) is 0 Å². The van der Waals surface area contributed by atoms with Gasteiger partial charge in [-0.2, -0.15) is 0 Å². The van der Waals surface area contributed by atoms with E-state index in [0.29, 0.717) is 6.10 Å². The van der Waals surface area contributed by atoms with Crippen molar-refractivity contribution in [3.63, 3.8) is 0 Å². The highest BCUT2D eigenvalue weighted by molar-refractivity contribution is 5.98. The summed E-state index contributed by atoms with van der Waals surface area (Å²) in [6.07, 6.45) is 0.446. The molecular weight excluding hydrogens is 80.1 g/mol. The molecule has 0 saturated carbocycles. The fourth-order valence-electron chi connectivity index (χ4n) is 0. The topological polar surface area (TPSA) is 9.23 Å². The van der Waals surface area contributed by atoms with Gasteiger partial charge < -0.3 is 4.43 Å². The van der Waals surface area contributed by atoms with Gasteiger partial charge in [0.05, 0.1) is 0 Å². The van der Waals surface area contributed by atoms with E-state index in [1.165, 1.54) is 0 Å². The Morgan fingerprint density at radius 3 is 2.00 bits per heavy atom. The second-order valence-electron chi connectivity index (χ2n) is 1.28. The van der Waals surface area contributed by atoms with Gasteiger partial charge in [-0.05, 0) is 13.8 Å². The van der Waals surface area contributed by atoms with Crippen LogP contribution in [0.2, 0.25) is 0 Å². The Labute approximate surface area is 37.4 Å². The molecule has 2 heteroatoms. The molecule has 0 fully saturated rings. The molecule has 0 heterocycles. The summed E-state index contributed by atoms with van der Waals surface area (Å²) in [5.74, 6) is 0. The predicted octanol–water partition coefficient (Wildman–Crippen LogP) is -0.196. The molecule has 0 spiro atoms. The van der Waals surface area contributed by atoms with Crippen LogP contribution in [-0.4, -0.2) is 16.6 Å². The molecule has 0 unspecified atom stereocenters. The van der Waals surface area contributed by atoms with Crippen LogP contribution in [0.15, 0.2) is 0 Å². The molecule has 0 aromatic rings. The summed E-state index contributed by atoms with van der Waals surface area (Å²) in [5, 5.41) is 0. The zero-order valence-electron chi connectivity index (χ0n) is 4.99. The van der Waals surface area contributed by atoms with Gasteiger partial charge >= 0.3 is 1.43 Å². The first-order valence-corrected chi connectivity index (χ1v) is 2.62. The van der Waals surface area contributed by atoms with E-state index in [4.69, 9.17) is 4.43 Å². The summed E-state index contributed by atoms with van der Waals surface area (Å²) < 4.78 is 4.89. The third kappa shape index (κ3) is 4.18. The lowest BCUT2D eigenvalue weighted by molar-refractivity contribution is 0.267. The minimum absolute atomic E-state index is 0. The van der Waals surface area contributed by atoms with Gasteiger partial charge in [0.15, 0.2) is 0 Å². The SMILES string of the molecule is CC(C)O[SiH3].[H+]. The van der Waals surface area contributed by atoms with Crippen LogP contribution < -0.4 is 0 Å². The Morgan fingerprint density at radius 2 is 2.00 bits per heavy atom. The molecule has 0 aliphatic carbocycles.